The van der Waals surface area contributed by atoms with E-state index in [9.17, 15) is 9.59 Å². The Labute approximate surface area is 189 Å². The number of hydrogen-bond acceptors (Lipinski definition) is 4. The number of carbonyl (C=O) groups excluding carboxylic acids is 2. The van der Waals surface area contributed by atoms with Crippen molar-refractivity contribution in [3.63, 3.8) is 0 Å². The zero-order valence-electron chi connectivity index (χ0n) is 18.3. The largest absolute Gasteiger partial charge is 0.491 e. The second kappa shape index (κ2) is 10.3. The topological polar surface area (TPSA) is 49.9 Å². The zero-order chi connectivity index (χ0) is 21.6. The molecule has 6 heteroatoms. The highest BCUT2D eigenvalue weighted by Gasteiger charge is 2.34. The molecule has 1 aliphatic carbocycles. The third-order valence-electron chi connectivity index (χ3n) is 6.40. The van der Waals surface area contributed by atoms with Crippen LogP contribution in [-0.2, 0) is 16.0 Å². The highest BCUT2D eigenvalue weighted by atomic mass is 32.1. The SMILES string of the molecule is CCCN(CC(=O)N1CCc2sccc2[C@H]1COc1ccccc1)C(=O)C1CCCC1. The monoisotopic (exact) mass is 440 g/mol. The Morgan fingerprint density at radius 2 is 1.94 bits per heavy atom. The first-order valence-corrected chi connectivity index (χ1v) is 12.4. The summed E-state index contributed by atoms with van der Waals surface area (Å²) < 4.78 is 6.06. The van der Waals surface area contributed by atoms with Crippen molar-refractivity contribution in [1.82, 2.24) is 9.80 Å². The van der Waals surface area contributed by atoms with Crippen LogP contribution in [0.2, 0.25) is 0 Å². The lowest BCUT2D eigenvalue weighted by atomic mass is 10.00. The minimum absolute atomic E-state index is 0.0262. The summed E-state index contributed by atoms with van der Waals surface area (Å²) >= 11 is 1.75. The van der Waals surface area contributed by atoms with Gasteiger partial charge in [-0.2, -0.15) is 0 Å². The Bertz CT molecular complexity index is 876. The molecule has 1 aliphatic heterocycles. The van der Waals surface area contributed by atoms with Gasteiger partial charge in [-0.3, -0.25) is 9.59 Å². The number of para-hydroxylation sites is 1. The van der Waals surface area contributed by atoms with Crippen LogP contribution >= 0.6 is 11.3 Å². The Balaban J connectivity index is 1.48. The summed E-state index contributed by atoms with van der Waals surface area (Å²) in [7, 11) is 0. The molecule has 4 rings (SSSR count). The number of benzene rings is 1. The molecule has 1 saturated carbocycles. The summed E-state index contributed by atoms with van der Waals surface area (Å²) in [6.45, 7) is 3.97. The van der Waals surface area contributed by atoms with Gasteiger partial charge in [0.2, 0.25) is 11.8 Å². The molecule has 0 bridgehead atoms. The van der Waals surface area contributed by atoms with Gasteiger partial charge >= 0.3 is 0 Å². The molecular formula is C25H32N2O3S. The minimum atomic E-state index is -0.118. The molecule has 0 saturated heterocycles. The van der Waals surface area contributed by atoms with Gasteiger partial charge in [0, 0.05) is 23.9 Å². The van der Waals surface area contributed by atoms with E-state index in [4.69, 9.17) is 4.74 Å². The number of amides is 2. The van der Waals surface area contributed by atoms with Crippen LogP contribution in [-0.4, -0.2) is 47.9 Å². The summed E-state index contributed by atoms with van der Waals surface area (Å²) in [4.78, 5) is 31.5. The highest BCUT2D eigenvalue weighted by Crippen LogP contribution is 2.34. The molecule has 1 atom stereocenters. The van der Waals surface area contributed by atoms with Crippen LogP contribution in [0.25, 0.3) is 0 Å². The van der Waals surface area contributed by atoms with Gasteiger partial charge in [0.05, 0.1) is 12.6 Å². The second-order valence-corrected chi connectivity index (χ2v) is 9.52. The first-order chi connectivity index (χ1) is 15.2. The van der Waals surface area contributed by atoms with Gasteiger partial charge < -0.3 is 14.5 Å². The predicted octanol–water partition coefficient (Wildman–Crippen LogP) is 4.68. The van der Waals surface area contributed by atoms with E-state index in [2.05, 4.69) is 18.4 Å². The molecule has 2 aromatic rings. The van der Waals surface area contributed by atoms with Gasteiger partial charge in [-0.15, -0.1) is 11.3 Å². The number of ether oxygens (including phenoxy) is 1. The van der Waals surface area contributed by atoms with Crippen molar-refractivity contribution in [1.29, 1.82) is 0 Å². The molecule has 0 spiro atoms. The summed E-state index contributed by atoms with van der Waals surface area (Å²) in [5, 5.41) is 2.10. The van der Waals surface area contributed by atoms with Crippen molar-refractivity contribution in [3.8, 4) is 5.75 Å². The molecule has 1 aromatic heterocycles. The number of rotatable bonds is 8. The van der Waals surface area contributed by atoms with E-state index in [1.807, 2.05) is 35.2 Å². The van der Waals surface area contributed by atoms with E-state index in [1.54, 1.807) is 16.2 Å². The summed E-state index contributed by atoms with van der Waals surface area (Å²) in [6.07, 6.45) is 5.89. The number of carbonyl (C=O) groups is 2. The van der Waals surface area contributed by atoms with E-state index in [0.29, 0.717) is 19.7 Å². The Morgan fingerprint density at radius 3 is 2.68 bits per heavy atom. The van der Waals surface area contributed by atoms with Crippen molar-refractivity contribution in [2.24, 2.45) is 5.92 Å². The molecule has 166 valence electrons. The van der Waals surface area contributed by atoms with Gasteiger partial charge in [-0.25, -0.2) is 0 Å². The molecule has 5 nitrogen and oxygen atoms in total. The first kappa shape index (κ1) is 21.9. The normalized spacial score (nSPS) is 18.6. The van der Waals surface area contributed by atoms with Gasteiger partial charge in [0.25, 0.3) is 0 Å². The highest BCUT2D eigenvalue weighted by molar-refractivity contribution is 7.10. The maximum absolute atomic E-state index is 13.4. The average Bonchev–Trinajstić information content (AvgIpc) is 3.49. The fourth-order valence-electron chi connectivity index (χ4n) is 4.79. The third kappa shape index (κ3) is 5.12. The van der Waals surface area contributed by atoms with Gasteiger partial charge in [-0.05, 0) is 54.8 Å². The smallest absolute Gasteiger partial charge is 0.242 e. The molecule has 0 unspecified atom stereocenters. The van der Waals surface area contributed by atoms with Crippen molar-refractivity contribution in [3.05, 3.63) is 52.2 Å². The second-order valence-electron chi connectivity index (χ2n) is 8.52. The van der Waals surface area contributed by atoms with Crippen LogP contribution in [0.3, 0.4) is 0 Å². The summed E-state index contributed by atoms with van der Waals surface area (Å²) in [6, 6.07) is 11.7. The number of thiophene rings is 1. The molecular weight excluding hydrogens is 408 g/mol. The third-order valence-corrected chi connectivity index (χ3v) is 7.40. The fraction of sp³-hybridized carbons (Fsp3) is 0.520. The van der Waals surface area contributed by atoms with Crippen LogP contribution in [0, 0.1) is 5.92 Å². The van der Waals surface area contributed by atoms with E-state index >= 15 is 0 Å². The standard InChI is InChI=1S/C25H32N2O3S/c1-2-14-26(25(29)19-8-6-7-9-19)17-24(28)27-15-12-23-21(13-16-31-23)22(27)18-30-20-10-4-3-5-11-20/h3-5,10-11,13,16,19,22H,2,6-9,12,14-15,17-18H2,1H3/t22-/m1/s1. The van der Waals surface area contributed by atoms with E-state index in [-0.39, 0.29) is 30.3 Å². The van der Waals surface area contributed by atoms with Crippen LogP contribution in [0.5, 0.6) is 5.75 Å². The van der Waals surface area contributed by atoms with Crippen molar-refractivity contribution in [2.75, 3.05) is 26.2 Å². The van der Waals surface area contributed by atoms with Gasteiger partial charge in [0.15, 0.2) is 0 Å². The van der Waals surface area contributed by atoms with Gasteiger partial charge in [0.1, 0.15) is 12.4 Å². The van der Waals surface area contributed by atoms with Crippen molar-refractivity contribution in [2.45, 2.75) is 51.5 Å². The summed E-state index contributed by atoms with van der Waals surface area (Å²) in [5.41, 5.74) is 1.18. The van der Waals surface area contributed by atoms with Crippen molar-refractivity contribution < 1.29 is 14.3 Å². The Kier molecular flexibility index (Phi) is 7.28. The van der Waals surface area contributed by atoms with E-state index in [1.165, 1.54) is 10.4 Å². The lowest BCUT2D eigenvalue weighted by Gasteiger charge is -2.37. The van der Waals surface area contributed by atoms with Crippen LogP contribution in [0.4, 0.5) is 0 Å². The summed E-state index contributed by atoms with van der Waals surface area (Å²) in [5.74, 6) is 1.10. The molecule has 1 fully saturated rings. The maximum Gasteiger partial charge on any atom is 0.242 e. The Hall–Kier alpha value is -2.34. The average molecular weight is 441 g/mol. The van der Waals surface area contributed by atoms with E-state index < -0.39 is 0 Å². The maximum atomic E-state index is 13.4. The zero-order valence-corrected chi connectivity index (χ0v) is 19.1. The predicted molar refractivity (Wildman–Crippen MR) is 123 cm³/mol. The van der Waals surface area contributed by atoms with Crippen LogP contribution in [0.1, 0.15) is 55.5 Å². The Morgan fingerprint density at radius 1 is 1.16 bits per heavy atom. The number of nitrogens with zero attached hydrogens (tertiary/aromatic N) is 2. The van der Waals surface area contributed by atoms with Crippen LogP contribution < -0.4 is 4.74 Å². The van der Waals surface area contributed by atoms with E-state index in [0.717, 1.165) is 44.3 Å². The number of fused-ring (bicyclic) bond motifs is 1. The van der Waals surface area contributed by atoms with Crippen LogP contribution in [0.15, 0.2) is 41.8 Å². The molecule has 0 radical (unpaired) electrons. The fourth-order valence-corrected chi connectivity index (χ4v) is 5.72. The molecule has 0 N–H and O–H groups in total. The molecule has 1 aromatic carbocycles. The molecule has 2 heterocycles. The molecule has 31 heavy (non-hydrogen) atoms. The lowest BCUT2D eigenvalue weighted by Crippen LogP contribution is -2.48. The lowest BCUT2D eigenvalue weighted by molar-refractivity contribution is -0.144. The number of hydrogen-bond donors (Lipinski definition) is 0. The minimum Gasteiger partial charge on any atom is -0.491 e. The van der Waals surface area contributed by atoms with Crippen molar-refractivity contribution >= 4 is 23.2 Å². The molecule has 2 aliphatic rings. The first-order valence-electron chi connectivity index (χ1n) is 11.5. The quantitative estimate of drug-likeness (QED) is 0.599. The molecule has 2 amide bonds. The van der Waals surface area contributed by atoms with Gasteiger partial charge in [-0.1, -0.05) is 38.0 Å².